The number of hydrogen-bond donors (Lipinski definition) is 0. The maximum atomic E-state index is 12.3. The molecule has 1 saturated heterocycles. The van der Waals surface area contributed by atoms with Gasteiger partial charge in [-0.25, -0.2) is 4.98 Å². The van der Waals surface area contributed by atoms with E-state index in [9.17, 15) is 4.79 Å². The summed E-state index contributed by atoms with van der Waals surface area (Å²) in [4.78, 5) is 18.7. The fourth-order valence-electron chi connectivity index (χ4n) is 2.96. The Hall–Kier alpha value is -2.30. The van der Waals surface area contributed by atoms with Crippen LogP contribution in [0.4, 0.5) is 0 Å². The van der Waals surface area contributed by atoms with Crippen molar-refractivity contribution in [2.45, 2.75) is 19.3 Å². The third-order valence-corrected chi connectivity index (χ3v) is 4.04. The van der Waals surface area contributed by atoms with Gasteiger partial charge < -0.3 is 14.2 Å². The van der Waals surface area contributed by atoms with Gasteiger partial charge in [-0.05, 0) is 25.5 Å². The molecule has 0 bridgehead atoms. The van der Waals surface area contributed by atoms with E-state index in [2.05, 4.69) is 9.55 Å². The quantitative estimate of drug-likeness (QED) is 0.869. The lowest BCUT2D eigenvalue weighted by Gasteiger charge is -2.17. The zero-order valence-electron chi connectivity index (χ0n) is 13.0. The van der Waals surface area contributed by atoms with E-state index >= 15 is 0 Å². The minimum Gasteiger partial charge on any atom is -0.484 e. The number of carbonyl (C=O) groups excluding carboxylic acids is 1. The molecule has 2 aromatic rings. The van der Waals surface area contributed by atoms with Crippen LogP contribution in [0.5, 0.6) is 5.75 Å². The molecule has 1 aromatic carbocycles. The predicted molar refractivity (Wildman–Crippen MR) is 83.8 cm³/mol. The molecular formula is C17H21N3O2. The molecule has 0 saturated carbocycles. The van der Waals surface area contributed by atoms with E-state index in [-0.39, 0.29) is 12.5 Å². The maximum Gasteiger partial charge on any atom is 0.260 e. The van der Waals surface area contributed by atoms with Crippen LogP contribution in [-0.2, 0) is 11.8 Å². The van der Waals surface area contributed by atoms with Crippen molar-refractivity contribution in [3.63, 3.8) is 0 Å². The van der Waals surface area contributed by atoms with Crippen LogP contribution in [0.1, 0.15) is 23.9 Å². The van der Waals surface area contributed by atoms with Crippen LogP contribution >= 0.6 is 0 Å². The molecule has 1 amide bonds. The number of benzene rings is 1. The molecule has 0 radical (unpaired) electrons. The molecule has 116 valence electrons. The summed E-state index contributed by atoms with van der Waals surface area (Å²) in [7, 11) is 2.01. The highest BCUT2D eigenvalue weighted by Gasteiger charge is 2.29. The van der Waals surface area contributed by atoms with Crippen LogP contribution < -0.4 is 4.74 Å². The van der Waals surface area contributed by atoms with Crippen LogP contribution in [-0.4, -0.2) is 40.1 Å². The van der Waals surface area contributed by atoms with Gasteiger partial charge in [0.25, 0.3) is 5.91 Å². The average molecular weight is 299 g/mol. The molecule has 0 aliphatic carbocycles. The van der Waals surface area contributed by atoms with E-state index in [1.807, 2.05) is 55.4 Å². The van der Waals surface area contributed by atoms with Crippen molar-refractivity contribution in [2.75, 3.05) is 19.7 Å². The molecule has 2 heterocycles. The molecule has 0 N–H and O–H groups in total. The Bertz CT molecular complexity index is 651. The third kappa shape index (κ3) is 3.13. The third-order valence-electron chi connectivity index (χ3n) is 4.04. The fraction of sp³-hybridized carbons (Fsp3) is 0.412. The molecule has 5 heteroatoms. The van der Waals surface area contributed by atoms with Gasteiger partial charge in [0.15, 0.2) is 6.61 Å². The normalized spacial score (nSPS) is 17.7. The summed E-state index contributed by atoms with van der Waals surface area (Å²) in [6, 6.07) is 9.44. The molecule has 0 unspecified atom stereocenters. The second-order valence-corrected chi connectivity index (χ2v) is 5.78. The number of ether oxygens (including phenoxy) is 1. The van der Waals surface area contributed by atoms with Crippen LogP contribution in [0.2, 0.25) is 0 Å². The van der Waals surface area contributed by atoms with Crippen molar-refractivity contribution < 1.29 is 9.53 Å². The largest absolute Gasteiger partial charge is 0.484 e. The predicted octanol–water partition coefficient (Wildman–Crippen LogP) is 2.12. The lowest BCUT2D eigenvalue weighted by Crippen LogP contribution is -2.33. The highest BCUT2D eigenvalue weighted by molar-refractivity contribution is 5.78. The summed E-state index contributed by atoms with van der Waals surface area (Å²) in [5.74, 6) is 2.15. The SMILES string of the molecule is Cc1cn(C)c([C@H]2CCN(C(=O)COc3ccccc3)C2)n1. The average Bonchev–Trinajstić information content (AvgIpc) is 3.12. The highest BCUT2D eigenvalue weighted by atomic mass is 16.5. The van der Waals surface area contributed by atoms with Gasteiger partial charge in [-0.2, -0.15) is 0 Å². The van der Waals surface area contributed by atoms with Gasteiger partial charge >= 0.3 is 0 Å². The maximum absolute atomic E-state index is 12.3. The Labute approximate surface area is 130 Å². The van der Waals surface area contributed by atoms with Crippen LogP contribution in [0.3, 0.4) is 0 Å². The minimum absolute atomic E-state index is 0.0392. The Morgan fingerprint density at radius 3 is 2.82 bits per heavy atom. The number of likely N-dealkylation sites (tertiary alicyclic amines) is 1. The number of amides is 1. The number of carbonyl (C=O) groups is 1. The molecule has 22 heavy (non-hydrogen) atoms. The molecule has 1 fully saturated rings. The number of nitrogens with zero attached hydrogens (tertiary/aromatic N) is 3. The van der Waals surface area contributed by atoms with Crippen LogP contribution in [0.25, 0.3) is 0 Å². The standard InChI is InChI=1S/C17H21N3O2/c1-13-10-19(2)17(18-13)14-8-9-20(11-14)16(21)12-22-15-6-4-3-5-7-15/h3-7,10,14H,8-9,11-12H2,1-2H3/t14-/m0/s1. The van der Waals surface area contributed by atoms with Gasteiger partial charge in [-0.15, -0.1) is 0 Å². The molecule has 0 spiro atoms. The van der Waals surface area contributed by atoms with Crippen molar-refractivity contribution in [3.05, 3.63) is 48.0 Å². The lowest BCUT2D eigenvalue weighted by atomic mass is 10.1. The summed E-state index contributed by atoms with van der Waals surface area (Å²) in [5.41, 5.74) is 1.02. The Balaban J connectivity index is 1.56. The second kappa shape index (κ2) is 6.22. The van der Waals surface area contributed by atoms with E-state index in [1.165, 1.54) is 0 Å². The number of hydrogen-bond acceptors (Lipinski definition) is 3. The summed E-state index contributed by atoms with van der Waals surface area (Å²) >= 11 is 0. The Morgan fingerprint density at radius 2 is 2.14 bits per heavy atom. The zero-order chi connectivity index (χ0) is 15.5. The monoisotopic (exact) mass is 299 g/mol. The van der Waals surface area contributed by atoms with Gasteiger partial charge in [0.2, 0.25) is 0 Å². The van der Waals surface area contributed by atoms with Crippen molar-refractivity contribution in [1.29, 1.82) is 0 Å². The molecule has 1 aliphatic heterocycles. The van der Waals surface area contributed by atoms with Crippen molar-refractivity contribution in [2.24, 2.45) is 7.05 Å². The molecular weight excluding hydrogens is 278 g/mol. The molecule has 3 rings (SSSR count). The number of para-hydroxylation sites is 1. The van der Waals surface area contributed by atoms with Gasteiger partial charge in [0.1, 0.15) is 11.6 Å². The summed E-state index contributed by atoms with van der Waals surface area (Å²) < 4.78 is 7.60. The molecule has 1 aromatic heterocycles. The minimum atomic E-state index is 0.0392. The molecule has 1 atom stereocenters. The van der Waals surface area contributed by atoms with E-state index in [4.69, 9.17) is 4.74 Å². The van der Waals surface area contributed by atoms with Gasteiger partial charge in [0.05, 0.1) is 5.69 Å². The van der Waals surface area contributed by atoms with Crippen molar-refractivity contribution >= 4 is 5.91 Å². The van der Waals surface area contributed by atoms with Gasteiger partial charge in [-0.1, -0.05) is 18.2 Å². The topological polar surface area (TPSA) is 47.4 Å². The van der Waals surface area contributed by atoms with Crippen LogP contribution in [0, 0.1) is 6.92 Å². The summed E-state index contributed by atoms with van der Waals surface area (Å²) in [6.45, 7) is 3.58. The van der Waals surface area contributed by atoms with Gasteiger partial charge in [-0.3, -0.25) is 4.79 Å². The van der Waals surface area contributed by atoms with E-state index < -0.39 is 0 Å². The molecule has 5 nitrogen and oxygen atoms in total. The Kier molecular flexibility index (Phi) is 4.13. The number of rotatable bonds is 4. The highest BCUT2D eigenvalue weighted by Crippen LogP contribution is 2.26. The first kappa shape index (κ1) is 14.6. The first-order chi connectivity index (χ1) is 10.6. The second-order valence-electron chi connectivity index (χ2n) is 5.78. The summed E-state index contributed by atoms with van der Waals surface area (Å²) in [6.07, 6.45) is 2.99. The van der Waals surface area contributed by atoms with E-state index in [0.717, 1.165) is 36.8 Å². The van der Waals surface area contributed by atoms with Crippen LogP contribution in [0.15, 0.2) is 36.5 Å². The smallest absolute Gasteiger partial charge is 0.260 e. The van der Waals surface area contributed by atoms with Crippen molar-refractivity contribution in [1.82, 2.24) is 14.5 Å². The number of aromatic nitrogens is 2. The van der Waals surface area contributed by atoms with E-state index in [1.54, 1.807) is 0 Å². The summed E-state index contributed by atoms with van der Waals surface area (Å²) in [5, 5.41) is 0. The van der Waals surface area contributed by atoms with Crippen molar-refractivity contribution in [3.8, 4) is 5.75 Å². The van der Waals surface area contributed by atoms with E-state index in [0.29, 0.717) is 5.92 Å². The fourth-order valence-corrected chi connectivity index (χ4v) is 2.96. The lowest BCUT2D eigenvalue weighted by molar-refractivity contribution is -0.132. The van der Waals surface area contributed by atoms with Gasteiger partial charge in [0, 0.05) is 32.3 Å². The first-order valence-corrected chi connectivity index (χ1v) is 7.59. The number of aryl methyl sites for hydroxylation is 2. The zero-order valence-corrected chi connectivity index (χ0v) is 13.0. The number of imidazole rings is 1. The first-order valence-electron chi connectivity index (χ1n) is 7.59. The Morgan fingerprint density at radius 1 is 1.36 bits per heavy atom. The molecule has 1 aliphatic rings.